The number of hydrogen-bond acceptors (Lipinski definition) is 8. The molecule has 0 amide bonds. The van der Waals surface area contributed by atoms with Crippen molar-refractivity contribution >= 4 is 43.3 Å². The van der Waals surface area contributed by atoms with Gasteiger partial charge in [0.15, 0.2) is 11.5 Å². The standard InChI is InChI=1S/C14H14BrFN6O4S/c1-2-5-18-27(24,25)7-6-17-13-12(21-26-22-13)14(20-23)19-9-3-4-11(16)10(15)8-9/h1,3-4,8,18,23H,5-7H2,(H,17,22)(H,19,20). The summed E-state index contributed by atoms with van der Waals surface area (Å²) in [7, 11) is -3.56. The lowest BCUT2D eigenvalue weighted by Crippen LogP contribution is -2.30. The van der Waals surface area contributed by atoms with E-state index in [1.807, 2.05) is 5.48 Å². The number of hydroxylamine groups is 1. The summed E-state index contributed by atoms with van der Waals surface area (Å²) >= 11 is 3.03. The lowest BCUT2D eigenvalue weighted by atomic mass is 10.3. The Balaban J connectivity index is 2.13. The number of sulfonamides is 1. The molecular formula is C14H14BrFN6O4S. The van der Waals surface area contributed by atoms with Crippen molar-refractivity contribution in [2.24, 2.45) is 4.99 Å². The van der Waals surface area contributed by atoms with Gasteiger partial charge in [0.25, 0.3) is 0 Å². The van der Waals surface area contributed by atoms with Gasteiger partial charge in [0.2, 0.25) is 15.8 Å². The summed E-state index contributed by atoms with van der Waals surface area (Å²) in [6.07, 6.45) is 5.00. The van der Waals surface area contributed by atoms with Crippen LogP contribution in [0.25, 0.3) is 0 Å². The first kappa shape index (κ1) is 20.8. The van der Waals surface area contributed by atoms with E-state index in [0.717, 1.165) is 0 Å². The second-order valence-electron chi connectivity index (χ2n) is 4.90. The number of aliphatic imine (C=N–C) groups is 1. The van der Waals surface area contributed by atoms with E-state index >= 15 is 0 Å². The molecule has 4 N–H and O–H groups in total. The van der Waals surface area contributed by atoms with E-state index in [0.29, 0.717) is 5.69 Å². The molecule has 0 fully saturated rings. The Bertz CT molecular complexity index is 972. The minimum atomic E-state index is -3.56. The number of nitrogens with one attached hydrogen (secondary N) is 3. The summed E-state index contributed by atoms with van der Waals surface area (Å²) in [5, 5.41) is 19.2. The summed E-state index contributed by atoms with van der Waals surface area (Å²) in [6.45, 7) is -0.153. The molecule has 0 radical (unpaired) electrons. The first-order valence-corrected chi connectivity index (χ1v) is 9.72. The van der Waals surface area contributed by atoms with E-state index in [9.17, 15) is 18.0 Å². The molecule has 2 rings (SSSR count). The Kier molecular flexibility index (Phi) is 7.25. The van der Waals surface area contributed by atoms with E-state index in [-0.39, 0.29) is 40.7 Å². The van der Waals surface area contributed by atoms with Crippen molar-refractivity contribution in [2.75, 3.05) is 24.2 Å². The van der Waals surface area contributed by atoms with E-state index in [1.54, 1.807) is 0 Å². The van der Waals surface area contributed by atoms with Crippen LogP contribution in [-0.4, -0.2) is 48.6 Å². The molecule has 0 aliphatic carbocycles. The Hall–Kier alpha value is -2.53. The predicted octanol–water partition coefficient (Wildman–Crippen LogP) is 0.993. The normalized spacial score (nSPS) is 11.9. The van der Waals surface area contributed by atoms with Crippen molar-refractivity contribution in [1.82, 2.24) is 20.5 Å². The molecule has 0 aliphatic rings. The Morgan fingerprint density at radius 2 is 2.22 bits per heavy atom. The van der Waals surface area contributed by atoms with Gasteiger partial charge in [-0.2, -0.15) is 0 Å². The molecule has 1 aromatic carbocycles. The van der Waals surface area contributed by atoms with E-state index in [1.165, 1.54) is 18.2 Å². The van der Waals surface area contributed by atoms with Crippen LogP contribution in [-0.2, 0) is 10.0 Å². The highest BCUT2D eigenvalue weighted by molar-refractivity contribution is 9.10. The lowest BCUT2D eigenvalue weighted by molar-refractivity contribution is 0.234. The fraction of sp³-hybridized carbons (Fsp3) is 0.214. The molecule has 1 aromatic heterocycles. The second kappa shape index (κ2) is 9.42. The summed E-state index contributed by atoms with van der Waals surface area (Å²) in [4.78, 5) is 4.08. The summed E-state index contributed by atoms with van der Waals surface area (Å²) in [5.41, 5.74) is 2.14. The SMILES string of the molecule is C#CCNS(=O)(=O)CCNc1nonc1C(=Nc1ccc(F)c(Br)c1)NO. The van der Waals surface area contributed by atoms with Crippen LogP contribution in [0.1, 0.15) is 5.69 Å². The van der Waals surface area contributed by atoms with E-state index < -0.39 is 15.8 Å². The number of rotatable bonds is 8. The zero-order valence-corrected chi connectivity index (χ0v) is 16.0. The zero-order chi connectivity index (χ0) is 19.9. The molecule has 10 nitrogen and oxygen atoms in total. The molecule has 13 heteroatoms. The fourth-order valence-corrected chi connectivity index (χ4v) is 2.99. The smallest absolute Gasteiger partial charge is 0.214 e. The molecule has 144 valence electrons. The maximum absolute atomic E-state index is 13.3. The van der Waals surface area contributed by atoms with Gasteiger partial charge in [-0.15, -0.1) is 6.42 Å². The van der Waals surface area contributed by atoms with Gasteiger partial charge >= 0.3 is 0 Å². The molecule has 0 bridgehead atoms. The van der Waals surface area contributed by atoms with Crippen LogP contribution in [0.3, 0.4) is 0 Å². The van der Waals surface area contributed by atoms with Gasteiger partial charge in [-0.25, -0.2) is 27.2 Å². The van der Waals surface area contributed by atoms with Crippen LogP contribution < -0.4 is 15.5 Å². The van der Waals surface area contributed by atoms with Crippen LogP contribution in [0.4, 0.5) is 15.9 Å². The topological polar surface area (TPSA) is 142 Å². The zero-order valence-electron chi connectivity index (χ0n) is 13.6. The van der Waals surface area contributed by atoms with Gasteiger partial charge in [0.05, 0.1) is 22.5 Å². The number of halogens is 2. The van der Waals surface area contributed by atoms with Crippen molar-refractivity contribution in [3.63, 3.8) is 0 Å². The molecular weight excluding hydrogens is 447 g/mol. The van der Waals surface area contributed by atoms with Gasteiger partial charge in [0.1, 0.15) is 5.82 Å². The van der Waals surface area contributed by atoms with E-state index in [2.05, 4.69) is 51.8 Å². The van der Waals surface area contributed by atoms with Crippen molar-refractivity contribution in [3.05, 3.63) is 34.2 Å². The number of aromatic nitrogens is 2. The third-order valence-corrected chi connectivity index (χ3v) is 4.95. The summed E-state index contributed by atoms with van der Waals surface area (Å²) < 4.78 is 43.6. The molecule has 0 unspecified atom stereocenters. The first-order chi connectivity index (χ1) is 12.9. The second-order valence-corrected chi connectivity index (χ2v) is 7.68. The van der Waals surface area contributed by atoms with Crippen molar-refractivity contribution in [3.8, 4) is 12.3 Å². The van der Waals surface area contributed by atoms with Crippen LogP contribution in [0.2, 0.25) is 0 Å². The van der Waals surface area contributed by atoms with Gasteiger partial charge in [-0.1, -0.05) is 5.92 Å². The fourth-order valence-electron chi connectivity index (χ4n) is 1.80. The highest BCUT2D eigenvalue weighted by atomic mass is 79.9. The third-order valence-electron chi connectivity index (χ3n) is 3.02. The highest BCUT2D eigenvalue weighted by Gasteiger charge is 2.17. The molecule has 2 aromatic rings. The molecule has 0 saturated carbocycles. The molecule has 0 atom stereocenters. The van der Waals surface area contributed by atoms with Gasteiger partial charge in [0, 0.05) is 6.54 Å². The van der Waals surface area contributed by atoms with Crippen LogP contribution in [0.15, 0.2) is 32.3 Å². The summed E-state index contributed by atoms with van der Waals surface area (Å²) in [6, 6.07) is 3.95. The molecule has 0 saturated heterocycles. The van der Waals surface area contributed by atoms with Crippen LogP contribution in [0.5, 0.6) is 0 Å². The highest BCUT2D eigenvalue weighted by Crippen LogP contribution is 2.23. The minimum Gasteiger partial charge on any atom is -0.364 e. The molecule has 0 aliphatic heterocycles. The number of nitrogens with zero attached hydrogens (tertiary/aromatic N) is 3. The van der Waals surface area contributed by atoms with Gasteiger partial charge in [-0.3, -0.25) is 10.7 Å². The van der Waals surface area contributed by atoms with Crippen molar-refractivity contribution in [2.45, 2.75) is 0 Å². The lowest BCUT2D eigenvalue weighted by Gasteiger charge is -2.07. The third kappa shape index (κ3) is 6.00. The average Bonchev–Trinajstić information content (AvgIpc) is 3.09. The first-order valence-electron chi connectivity index (χ1n) is 7.27. The maximum atomic E-state index is 13.3. The van der Waals surface area contributed by atoms with Crippen molar-refractivity contribution < 1.29 is 22.6 Å². The van der Waals surface area contributed by atoms with Gasteiger partial charge < -0.3 is 5.32 Å². The van der Waals surface area contributed by atoms with Crippen molar-refractivity contribution in [1.29, 1.82) is 0 Å². The maximum Gasteiger partial charge on any atom is 0.214 e. The number of terminal acetylenes is 1. The van der Waals surface area contributed by atoms with Gasteiger partial charge in [-0.05, 0) is 44.4 Å². The quantitative estimate of drug-likeness (QED) is 0.197. The number of amidine groups is 1. The Morgan fingerprint density at radius 1 is 1.44 bits per heavy atom. The predicted molar refractivity (Wildman–Crippen MR) is 98.6 cm³/mol. The number of hydrogen-bond donors (Lipinski definition) is 4. The number of benzene rings is 1. The molecule has 27 heavy (non-hydrogen) atoms. The Morgan fingerprint density at radius 3 is 2.89 bits per heavy atom. The Labute approximate surface area is 162 Å². The van der Waals surface area contributed by atoms with Crippen LogP contribution in [0, 0.1) is 18.2 Å². The number of anilines is 1. The largest absolute Gasteiger partial charge is 0.364 e. The summed E-state index contributed by atoms with van der Waals surface area (Å²) in [5.74, 6) is 1.30. The minimum absolute atomic E-state index is 0.00747. The molecule has 1 heterocycles. The monoisotopic (exact) mass is 460 g/mol. The van der Waals surface area contributed by atoms with Crippen LogP contribution >= 0.6 is 15.9 Å². The average molecular weight is 461 g/mol. The van der Waals surface area contributed by atoms with E-state index in [4.69, 9.17) is 6.42 Å². The molecule has 0 spiro atoms.